The van der Waals surface area contributed by atoms with E-state index in [-0.39, 0.29) is 5.97 Å². The van der Waals surface area contributed by atoms with Crippen molar-refractivity contribution in [3.8, 4) is 0 Å². The van der Waals surface area contributed by atoms with Crippen molar-refractivity contribution in [1.29, 1.82) is 0 Å². The summed E-state index contributed by atoms with van der Waals surface area (Å²) in [5.74, 6) is 1.60. The Bertz CT molecular complexity index is 616. The number of carbonyl (C=O) groups is 1. The lowest BCUT2D eigenvalue weighted by Crippen LogP contribution is -2.23. The number of hydrogen-bond donors (Lipinski definition) is 0. The molecule has 0 spiro atoms. The van der Waals surface area contributed by atoms with E-state index in [1.165, 1.54) is 6.26 Å². The summed E-state index contributed by atoms with van der Waals surface area (Å²) in [6.07, 6.45) is 8.93. The third-order valence-corrected chi connectivity index (χ3v) is 3.08. The van der Waals surface area contributed by atoms with Gasteiger partial charge in [-0.25, -0.2) is 4.99 Å². The molecule has 20 heavy (non-hydrogen) atoms. The van der Waals surface area contributed by atoms with Crippen molar-refractivity contribution in [1.82, 2.24) is 4.90 Å². The van der Waals surface area contributed by atoms with E-state index in [2.05, 4.69) is 4.99 Å². The van der Waals surface area contributed by atoms with Crippen LogP contribution in [-0.4, -0.2) is 23.6 Å². The minimum absolute atomic E-state index is 0.291. The molecule has 0 saturated heterocycles. The molecule has 104 valence electrons. The van der Waals surface area contributed by atoms with Gasteiger partial charge < -0.3 is 14.4 Å². The molecular formula is C15H16N2O3. The van der Waals surface area contributed by atoms with Gasteiger partial charge in [-0.1, -0.05) is 0 Å². The molecule has 0 aromatic heterocycles. The number of aliphatic imine (C=N–C) groups is 1. The van der Waals surface area contributed by atoms with Crippen LogP contribution in [0, 0.1) is 5.41 Å². The highest BCUT2D eigenvalue weighted by molar-refractivity contribution is 5.77. The average molecular weight is 272 g/mol. The highest BCUT2D eigenvalue weighted by Gasteiger charge is 2.28. The van der Waals surface area contributed by atoms with Crippen molar-refractivity contribution in [2.24, 2.45) is 10.4 Å². The molecule has 5 nitrogen and oxygen atoms in total. The molecule has 0 bridgehead atoms. The van der Waals surface area contributed by atoms with Crippen molar-refractivity contribution in [2.45, 2.75) is 20.8 Å². The summed E-state index contributed by atoms with van der Waals surface area (Å²) >= 11 is 0. The van der Waals surface area contributed by atoms with Crippen LogP contribution in [0.25, 0.3) is 0 Å². The van der Waals surface area contributed by atoms with E-state index >= 15 is 0 Å². The van der Waals surface area contributed by atoms with E-state index in [0.717, 1.165) is 17.9 Å². The lowest BCUT2D eigenvalue weighted by molar-refractivity contribution is -0.148. The lowest BCUT2D eigenvalue weighted by atomic mass is 9.97. The zero-order valence-electron chi connectivity index (χ0n) is 11.7. The number of esters is 1. The van der Waals surface area contributed by atoms with Crippen LogP contribution in [0.2, 0.25) is 0 Å². The molecule has 3 rings (SSSR count). The molecule has 0 radical (unpaired) electrons. The summed E-state index contributed by atoms with van der Waals surface area (Å²) in [7, 11) is 0. The van der Waals surface area contributed by atoms with Crippen LogP contribution in [0.1, 0.15) is 20.8 Å². The largest absolute Gasteiger partial charge is 0.457 e. The first-order chi connectivity index (χ1) is 9.45. The fourth-order valence-electron chi connectivity index (χ4n) is 1.92. The van der Waals surface area contributed by atoms with Crippen molar-refractivity contribution >= 4 is 12.2 Å². The molecule has 3 heterocycles. The summed E-state index contributed by atoms with van der Waals surface area (Å²) < 4.78 is 10.9. The van der Waals surface area contributed by atoms with E-state index in [1.807, 2.05) is 44.2 Å². The van der Waals surface area contributed by atoms with Gasteiger partial charge in [0.05, 0.1) is 12.0 Å². The SMILES string of the molecule is CC(C)(C)C(=O)OC1=COC2=C3N=CCN3C=CC2=C1. The molecule has 0 fully saturated rings. The van der Waals surface area contributed by atoms with E-state index in [0.29, 0.717) is 11.5 Å². The van der Waals surface area contributed by atoms with Gasteiger partial charge in [-0.05, 0) is 32.9 Å². The minimum atomic E-state index is -0.549. The van der Waals surface area contributed by atoms with Crippen molar-refractivity contribution in [3.05, 3.63) is 47.5 Å². The number of carbonyl (C=O) groups excluding carboxylic acids is 1. The Morgan fingerprint density at radius 1 is 1.45 bits per heavy atom. The maximum atomic E-state index is 11.9. The van der Waals surface area contributed by atoms with Gasteiger partial charge in [0, 0.05) is 18.0 Å². The van der Waals surface area contributed by atoms with Gasteiger partial charge in [-0.3, -0.25) is 4.79 Å². The zero-order chi connectivity index (χ0) is 14.3. The third-order valence-electron chi connectivity index (χ3n) is 3.08. The first kappa shape index (κ1) is 12.7. The van der Waals surface area contributed by atoms with Gasteiger partial charge in [-0.15, -0.1) is 0 Å². The Morgan fingerprint density at radius 3 is 3.00 bits per heavy atom. The fourth-order valence-corrected chi connectivity index (χ4v) is 1.92. The number of nitrogens with zero attached hydrogens (tertiary/aromatic N) is 2. The standard InChI is InChI=1S/C15H16N2O3/c1-15(2,3)14(18)20-11-8-10-4-6-17-7-5-16-13(17)12(10)19-9-11/h4-6,8-9H,7H2,1-3H3. The fraction of sp³-hybridized carbons (Fsp3) is 0.333. The average Bonchev–Trinajstić information content (AvgIpc) is 2.85. The molecule has 0 unspecified atom stereocenters. The van der Waals surface area contributed by atoms with Crippen LogP contribution < -0.4 is 0 Å². The van der Waals surface area contributed by atoms with E-state index in [9.17, 15) is 4.79 Å². The zero-order valence-corrected chi connectivity index (χ0v) is 11.7. The molecule has 0 atom stereocenters. The van der Waals surface area contributed by atoms with Crippen LogP contribution in [0.4, 0.5) is 0 Å². The molecule has 0 aromatic carbocycles. The van der Waals surface area contributed by atoms with E-state index in [1.54, 1.807) is 6.08 Å². The molecule has 5 heteroatoms. The molecule has 0 amide bonds. The quantitative estimate of drug-likeness (QED) is 0.688. The van der Waals surface area contributed by atoms with Crippen LogP contribution >= 0.6 is 0 Å². The van der Waals surface area contributed by atoms with Crippen molar-refractivity contribution < 1.29 is 14.3 Å². The smallest absolute Gasteiger partial charge is 0.316 e. The van der Waals surface area contributed by atoms with Gasteiger partial charge in [0.2, 0.25) is 0 Å². The van der Waals surface area contributed by atoms with Gasteiger partial charge in [0.25, 0.3) is 0 Å². The van der Waals surface area contributed by atoms with Crippen molar-refractivity contribution in [2.75, 3.05) is 6.54 Å². The van der Waals surface area contributed by atoms with Crippen LogP contribution in [0.5, 0.6) is 0 Å². The third kappa shape index (κ3) is 2.15. The number of ether oxygens (including phenoxy) is 2. The Balaban J connectivity index is 1.82. The highest BCUT2D eigenvalue weighted by atomic mass is 16.6. The highest BCUT2D eigenvalue weighted by Crippen LogP contribution is 2.33. The summed E-state index contributed by atoms with van der Waals surface area (Å²) in [6, 6.07) is 0. The Labute approximate surface area is 117 Å². The van der Waals surface area contributed by atoms with Crippen LogP contribution in [0.15, 0.2) is 52.5 Å². The van der Waals surface area contributed by atoms with Gasteiger partial charge in [0.1, 0.15) is 6.26 Å². The number of hydrogen-bond acceptors (Lipinski definition) is 5. The maximum Gasteiger partial charge on any atom is 0.316 e. The van der Waals surface area contributed by atoms with Gasteiger partial charge in [-0.2, -0.15) is 0 Å². The van der Waals surface area contributed by atoms with Crippen LogP contribution in [-0.2, 0) is 14.3 Å². The summed E-state index contributed by atoms with van der Waals surface area (Å²) in [4.78, 5) is 18.2. The first-order valence-electron chi connectivity index (χ1n) is 6.48. The first-order valence-corrected chi connectivity index (χ1v) is 6.48. The molecule has 3 aliphatic heterocycles. The Kier molecular flexibility index (Phi) is 2.78. The molecule has 0 aromatic rings. The molecule has 3 aliphatic rings. The number of fused-ring (bicyclic) bond motifs is 2. The van der Waals surface area contributed by atoms with Gasteiger partial charge in [0.15, 0.2) is 17.3 Å². The second-order valence-electron chi connectivity index (χ2n) is 5.81. The van der Waals surface area contributed by atoms with E-state index in [4.69, 9.17) is 9.47 Å². The predicted molar refractivity (Wildman–Crippen MR) is 74.2 cm³/mol. The monoisotopic (exact) mass is 272 g/mol. The van der Waals surface area contributed by atoms with E-state index < -0.39 is 5.41 Å². The number of allylic oxidation sites excluding steroid dienone is 2. The molecule has 0 saturated carbocycles. The molecule has 0 N–H and O–H groups in total. The summed E-state index contributed by atoms with van der Waals surface area (Å²) in [6.45, 7) is 6.19. The maximum absolute atomic E-state index is 11.9. The normalized spacial score (nSPS) is 20.1. The van der Waals surface area contributed by atoms with Crippen LogP contribution in [0.3, 0.4) is 0 Å². The summed E-state index contributed by atoms with van der Waals surface area (Å²) in [5.41, 5.74) is 0.307. The Hall–Kier alpha value is -2.30. The minimum Gasteiger partial charge on any atom is -0.457 e. The second-order valence-corrected chi connectivity index (χ2v) is 5.81. The van der Waals surface area contributed by atoms with Gasteiger partial charge >= 0.3 is 5.97 Å². The summed E-state index contributed by atoms with van der Waals surface area (Å²) in [5, 5.41) is 0. The Morgan fingerprint density at radius 2 is 2.25 bits per heavy atom. The predicted octanol–water partition coefficient (Wildman–Crippen LogP) is 2.46. The molecular weight excluding hydrogens is 256 g/mol. The second kappa shape index (κ2) is 4.37. The molecule has 0 aliphatic carbocycles. The number of rotatable bonds is 1. The lowest BCUT2D eigenvalue weighted by Gasteiger charge is -2.25. The topological polar surface area (TPSA) is 51.1 Å². The van der Waals surface area contributed by atoms with Crippen molar-refractivity contribution in [3.63, 3.8) is 0 Å².